The summed E-state index contributed by atoms with van der Waals surface area (Å²) < 4.78 is 0. The molecule has 0 saturated carbocycles. The van der Waals surface area contributed by atoms with Crippen molar-refractivity contribution in [1.82, 2.24) is 9.97 Å². The van der Waals surface area contributed by atoms with Gasteiger partial charge in [-0.3, -0.25) is 0 Å². The number of hydrogen-bond acceptors (Lipinski definition) is 5. The number of fused-ring (bicyclic) bond motifs is 1. The zero-order valence-corrected chi connectivity index (χ0v) is 12.5. The van der Waals surface area contributed by atoms with Gasteiger partial charge in [-0.15, -0.1) is 11.3 Å². The number of thiophene rings is 1. The van der Waals surface area contributed by atoms with Crippen molar-refractivity contribution in [3.05, 3.63) is 53.0 Å². The topological polar surface area (TPSA) is 52.8 Å². The molecule has 4 nitrogen and oxygen atoms in total. The highest BCUT2D eigenvalue weighted by Gasteiger charge is 2.07. The van der Waals surface area contributed by atoms with E-state index in [1.807, 2.05) is 53.9 Å². The van der Waals surface area contributed by atoms with Crippen LogP contribution in [0.15, 0.2) is 41.9 Å². The van der Waals surface area contributed by atoms with E-state index in [0.29, 0.717) is 5.56 Å². The molecule has 0 radical (unpaired) electrons. The molecule has 21 heavy (non-hydrogen) atoms. The number of nitriles is 1. The average molecular weight is 294 g/mol. The quantitative estimate of drug-likeness (QED) is 0.741. The van der Waals surface area contributed by atoms with Crippen molar-refractivity contribution in [3.63, 3.8) is 0 Å². The van der Waals surface area contributed by atoms with Crippen LogP contribution in [-0.4, -0.2) is 23.6 Å². The molecule has 3 aromatic rings. The lowest BCUT2D eigenvalue weighted by Crippen LogP contribution is -2.22. The SMILES string of the molecule is CN(CCc1cccc(C#N)c1)c1ncc2ccsc2n1. The first-order valence-corrected chi connectivity index (χ1v) is 7.54. The molecule has 3 rings (SSSR count). The Kier molecular flexibility index (Phi) is 3.80. The summed E-state index contributed by atoms with van der Waals surface area (Å²) in [7, 11) is 1.99. The second-order valence-corrected chi connectivity index (χ2v) is 5.73. The van der Waals surface area contributed by atoms with E-state index in [1.165, 1.54) is 0 Å². The van der Waals surface area contributed by atoms with E-state index < -0.39 is 0 Å². The van der Waals surface area contributed by atoms with Crippen LogP contribution in [-0.2, 0) is 6.42 Å². The van der Waals surface area contributed by atoms with Crippen LogP contribution in [0.1, 0.15) is 11.1 Å². The lowest BCUT2D eigenvalue weighted by molar-refractivity contribution is 0.843. The minimum Gasteiger partial charge on any atom is -0.344 e. The lowest BCUT2D eigenvalue weighted by atomic mass is 10.1. The van der Waals surface area contributed by atoms with Crippen molar-refractivity contribution in [2.75, 3.05) is 18.5 Å². The number of benzene rings is 1. The number of likely N-dealkylation sites (N-methyl/N-ethyl adjacent to an activating group) is 1. The number of aromatic nitrogens is 2. The fraction of sp³-hybridized carbons (Fsp3) is 0.188. The van der Waals surface area contributed by atoms with Crippen LogP contribution in [0.3, 0.4) is 0 Å². The molecule has 5 heteroatoms. The van der Waals surface area contributed by atoms with E-state index in [1.54, 1.807) is 11.3 Å². The van der Waals surface area contributed by atoms with Gasteiger partial charge in [0.05, 0.1) is 11.6 Å². The minimum absolute atomic E-state index is 0.700. The van der Waals surface area contributed by atoms with Gasteiger partial charge in [-0.1, -0.05) is 12.1 Å². The van der Waals surface area contributed by atoms with Crippen LogP contribution in [0.25, 0.3) is 10.2 Å². The first-order valence-electron chi connectivity index (χ1n) is 6.67. The summed E-state index contributed by atoms with van der Waals surface area (Å²) in [5.41, 5.74) is 1.85. The zero-order valence-electron chi connectivity index (χ0n) is 11.7. The summed E-state index contributed by atoms with van der Waals surface area (Å²) in [5.74, 6) is 0.737. The molecule has 2 heterocycles. The number of anilines is 1. The molecule has 104 valence electrons. The van der Waals surface area contributed by atoms with Gasteiger partial charge >= 0.3 is 0 Å². The molecule has 2 aromatic heterocycles. The third kappa shape index (κ3) is 3.01. The molecule has 1 aromatic carbocycles. The van der Waals surface area contributed by atoms with Gasteiger partial charge in [0.1, 0.15) is 4.83 Å². The van der Waals surface area contributed by atoms with Crippen molar-refractivity contribution in [3.8, 4) is 6.07 Å². The highest BCUT2D eigenvalue weighted by molar-refractivity contribution is 7.16. The summed E-state index contributed by atoms with van der Waals surface area (Å²) in [5, 5.41) is 12.0. The number of rotatable bonds is 4. The highest BCUT2D eigenvalue weighted by atomic mass is 32.1. The largest absolute Gasteiger partial charge is 0.344 e. The van der Waals surface area contributed by atoms with E-state index in [2.05, 4.69) is 16.0 Å². The summed E-state index contributed by atoms with van der Waals surface area (Å²) in [4.78, 5) is 12.0. The van der Waals surface area contributed by atoms with Crippen molar-refractivity contribution < 1.29 is 0 Å². The molecule has 0 amide bonds. The molecule has 0 unspecified atom stereocenters. The Morgan fingerprint density at radius 1 is 1.33 bits per heavy atom. The Morgan fingerprint density at radius 3 is 3.10 bits per heavy atom. The van der Waals surface area contributed by atoms with Gasteiger partial charge in [-0.25, -0.2) is 9.97 Å². The van der Waals surface area contributed by atoms with Crippen molar-refractivity contribution in [2.45, 2.75) is 6.42 Å². The normalized spacial score (nSPS) is 10.5. The van der Waals surface area contributed by atoms with Gasteiger partial charge in [0.25, 0.3) is 0 Å². The third-order valence-electron chi connectivity index (χ3n) is 3.33. The van der Waals surface area contributed by atoms with Crippen molar-refractivity contribution in [2.24, 2.45) is 0 Å². The molecule has 0 aliphatic carbocycles. The number of nitrogens with zero attached hydrogens (tertiary/aromatic N) is 4. The number of hydrogen-bond donors (Lipinski definition) is 0. The van der Waals surface area contributed by atoms with E-state index in [9.17, 15) is 0 Å². The second kappa shape index (κ2) is 5.90. The summed E-state index contributed by atoms with van der Waals surface area (Å²) in [6.07, 6.45) is 2.72. The molecule has 0 spiro atoms. The van der Waals surface area contributed by atoms with Gasteiger partial charge in [-0.05, 0) is 35.6 Å². The van der Waals surface area contributed by atoms with Crippen LogP contribution in [0.2, 0.25) is 0 Å². The van der Waals surface area contributed by atoms with Gasteiger partial charge < -0.3 is 4.90 Å². The maximum atomic E-state index is 8.92. The Labute approximate surface area is 127 Å². The Bertz CT molecular complexity index is 803. The molecule has 0 bridgehead atoms. The zero-order chi connectivity index (χ0) is 14.7. The first kappa shape index (κ1) is 13.5. The highest BCUT2D eigenvalue weighted by Crippen LogP contribution is 2.19. The molecule has 0 saturated heterocycles. The fourth-order valence-corrected chi connectivity index (χ4v) is 2.86. The molecule has 0 aliphatic heterocycles. The second-order valence-electron chi connectivity index (χ2n) is 4.83. The molecule has 0 N–H and O–H groups in total. The van der Waals surface area contributed by atoms with Crippen LogP contribution in [0, 0.1) is 11.3 Å². The van der Waals surface area contributed by atoms with Crippen LogP contribution >= 0.6 is 11.3 Å². The molecular formula is C16H14N4S. The van der Waals surface area contributed by atoms with E-state index >= 15 is 0 Å². The molecule has 0 fully saturated rings. The lowest BCUT2D eigenvalue weighted by Gasteiger charge is -2.16. The summed E-state index contributed by atoms with van der Waals surface area (Å²) in [6, 6.07) is 11.9. The van der Waals surface area contributed by atoms with E-state index in [0.717, 1.165) is 34.7 Å². The Morgan fingerprint density at radius 2 is 2.24 bits per heavy atom. The van der Waals surface area contributed by atoms with E-state index in [-0.39, 0.29) is 0 Å². The molecular weight excluding hydrogens is 280 g/mol. The Balaban J connectivity index is 1.70. The predicted molar refractivity (Wildman–Crippen MR) is 85.5 cm³/mol. The molecule has 0 aliphatic rings. The van der Waals surface area contributed by atoms with Gasteiger partial charge in [0.2, 0.25) is 5.95 Å². The van der Waals surface area contributed by atoms with Crippen LogP contribution in [0.4, 0.5) is 5.95 Å². The summed E-state index contributed by atoms with van der Waals surface area (Å²) >= 11 is 1.62. The predicted octanol–water partition coefficient (Wildman–Crippen LogP) is 3.24. The van der Waals surface area contributed by atoms with E-state index in [4.69, 9.17) is 5.26 Å². The van der Waals surface area contributed by atoms with Gasteiger partial charge in [0.15, 0.2) is 0 Å². The fourth-order valence-electron chi connectivity index (χ4n) is 2.12. The summed E-state index contributed by atoms with van der Waals surface area (Å²) in [6.45, 7) is 0.811. The van der Waals surface area contributed by atoms with Gasteiger partial charge in [-0.2, -0.15) is 5.26 Å². The minimum atomic E-state index is 0.700. The molecule has 0 atom stereocenters. The Hall–Kier alpha value is -2.45. The first-order chi connectivity index (χ1) is 10.3. The van der Waals surface area contributed by atoms with Crippen molar-refractivity contribution in [1.29, 1.82) is 5.26 Å². The van der Waals surface area contributed by atoms with Crippen LogP contribution in [0.5, 0.6) is 0 Å². The third-order valence-corrected chi connectivity index (χ3v) is 4.15. The van der Waals surface area contributed by atoms with Gasteiger partial charge in [0, 0.05) is 25.2 Å². The smallest absolute Gasteiger partial charge is 0.226 e. The average Bonchev–Trinajstić information content (AvgIpc) is 3.00. The standard InChI is InChI=1S/C16H14N4S/c1-20(7-5-12-3-2-4-13(9-12)10-17)16-18-11-14-6-8-21-15(14)19-16/h2-4,6,8-9,11H,5,7H2,1H3. The monoisotopic (exact) mass is 294 g/mol. The maximum absolute atomic E-state index is 8.92. The van der Waals surface area contributed by atoms with Crippen molar-refractivity contribution >= 4 is 27.5 Å². The maximum Gasteiger partial charge on any atom is 0.226 e. The van der Waals surface area contributed by atoms with Crippen LogP contribution < -0.4 is 4.90 Å².